The van der Waals surface area contributed by atoms with Crippen LogP contribution in [0.3, 0.4) is 0 Å². The van der Waals surface area contributed by atoms with E-state index in [1.54, 1.807) is 6.07 Å². The van der Waals surface area contributed by atoms with Gasteiger partial charge < -0.3 is 9.47 Å². The molecule has 1 aromatic carbocycles. The van der Waals surface area contributed by atoms with E-state index in [4.69, 9.17) is 9.47 Å². The molecule has 5 heteroatoms. The molecule has 1 rings (SSSR count). The summed E-state index contributed by atoms with van der Waals surface area (Å²) in [6.07, 6.45) is 18.7. The van der Waals surface area contributed by atoms with E-state index >= 15 is 0 Å². The molecule has 0 aliphatic rings. The second kappa shape index (κ2) is 19.8. The van der Waals surface area contributed by atoms with Gasteiger partial charge in [-0.1, -0.05) is 103 Å². The number of para-hydroxylation sites is 1. The van der Waals surface area contributed by atoms with Crippen LogP contribution < -0.4 is 4.74 Å². The summed E-state index contributed by atoms with van der Waals surface area (Å²) in [6, 6.07) is 5.76. The molecule has 0 aliphatic heterocycles. The third-order valence-electron chi connectivity index (χ3n) is 5.58. The van der Waals surface area contributed by atoms with Crippen LogP contribution in [0.25, 0.3) is 0 Å². The minimum Gasteiger partial charge on any atom is -0.466 e. The molecule has 0 unspecified atom stereocenters. The van der Waals surface area contributed by atoms with Crippen molar-refractivity contribution in [2.45, 2.75) is 116 Å². The molecule has 1 aromatic rings. The predicted molar refractivity (Wildman–Crippen MR) is 127 cm³/mol. The van der Waals surface area contributed by atoms with Gasteiger partial charge in [-0.2, -0.15) is 0 Å². The number of ether oxygens (including phenoxy) is 2. The number of benzene rings is 1. The van der Waals surface area contributed by atoms with Crippen LogP contribution in [0.4, 0.5) is 4.39 Å². The van der Waals surface area contributed by atoms with Crippen molar-refractivity contribution in [2.24, 2.45) is 0 Å². The van der Waals surface area contributed by atoms with Crippen LogP contribution in [0.1, 0.15) is 116 Å². The summed E-state index contributed by atoms with van der Waals surface area (Å²) in [5.74, 6) is -1.50. The van der Waals surface area contributed by atoms with Crippen molar-refractivity contribution in [3.63, 3.8) is 0 Å². The van der Waals surface area contributed by atoms with E-state index in [9.17, 15) is 14.0 Å². The molecule has 0 amide bonds. The Hall–Kier alpha value is -1.91. The van der Waals surface area contributed by atoms with Crippen molar-refractivity contribution in [1.29, 1.82) is 0 Å². The number of unbranched alkanes of at least 4 members (excludes halogenated alkanes) is 13. The van der Waals surface area contributed by atoms with Gasteiger partial charge in [-0.3, -0.25) is 9.59 Å². The molecule has 0 fully saturated rings. The molecular weight excluding hydrogens is 407 g/mol. The van der Waals surface area contributed by atoms with Gasteiger partial charge in [-0.05, 0) is 25.0 Å². The molecule has 0 aromatic heterocycles. The first-order valence-corrected chi connectivity index (χ1v) is 12.7. The molecule has 0 aliphatic carbocycles. The first-order chi connectivity index (χ1) is 15.6. The average Bonchev–Trinajstić information content (AvgIpc) is 2.78. The zero-order chi connectivity index (χ0) is 23.3. The summed E-state index contributed by atoms with van der Waals surface area (Å²) in [7, 11) is 0. The highest BCUT2D eigenvalue weighted by atomic mass is 19.1. The van der Waals surface area contributed by atoms with Crippen LogP contribution in [0, 0.1) is 5.82 Å². The van der Waals surface area contributed by atoms with E-state index in [2.05, 4.69) is 6.92 Å². The highest BCUT2D eigenvalue weighted by Gasteiger charge is 2.10. The average molecular weight is 451 g/mol. The summed E-state index contributed by atoms with van der Waals surface area (Å²) >= 11 is 0. The topological polar surface area (TPSA) is 52.6 Å². The zero-order valence-electron chi connectivity index (χ0n) is 20.0. The molecule has 0 radical (unpaired) electrons. The number of halogens is 1. The Bertz CT molecular complexity index is 617. The number of esters is 2. The van der Waals surface area contributed by atoms with Gasteiger partial charge in [0.2, 0.25) is 0 Å². The molecule has 4 nitrogen and oxygen atoms in total. The molecule has 0 spiro atoms. The highest BCUT2D eigenvalue weighted by Crippen LogP contribution is 2.16. The Morgan fingerprint density at radius 3 is 1.75 bits per heavy atom. The lowest BCUT2D eigenvalue weighted by Gasteiger charge is -2.06. The van der Waals surface area contributed by atoms with E-state index in [0.717, 1.165) is 12.8 Å². The summed E-state index contributed by atoms with van der Waals surface area (Å²) in [4.78, 5) is 23.4. The molecule has 0 heterocycles. The van der Waals surface area contributed by atoms with Crippen molar-refractivity contribution >= 4 is 11.9 Å². The fourth-order valence-electron chi connectivity index (χ4n) is 3.63. The minimum atomic E-state index is -0.576. The van der Waals surface area contributed by atoms with E-state index < -0.39 is 11.8 Å². The zero-order valence-corrected chi connectivity index (χ0v) is 20.0. The van der Waals surface area contributed by atoms with Crippen molar-refractivity contribution in [1.82, 2.24) is 0 Å². The van der Waals surface area contributed by atoms with Crippen molar-refractivity contribution in [3.05, 3.63) is 30.1 Å². The van der Waals surface area contributed by atoms with Crippen LogP contribution in [0.15, 0.2) is 24.3 Å². The van der Waals surface area contributed by atoms with E-state index in [-0.39, 0.29) is 24.6 Å². The van der Waals surface area contributed by atoms with Crippen molar-refractivity contribution in [3.8, 4) is 5.75 Å². The third-order valence-corrected chi connectivity index (χ3v) is 5.58. The summed E-state index contributed by atoms with van der Waals surface area (Å²) in [5.41, 5.74) is 0. The first kappa shape index (κ1) is 28.1. The Labute approximate surface area is 194 Å². The Kier molecular flexibility index (Phi) is 17.4. The van der Waals surface area contributed by atoms with Gasteiger partial charge in [0, 0.05) is 12.8 Å². The van der Waals surface area contributed by atoms with Gasteiger partial charge in [0.1, 0.15) is 0 Å². The van der Waals surface area contributed by atoms with E-state index in [1.165, 1.54) is 95.2 Å². The van der Waals surface area contributed by atoms with Gasteiger partial charge in [0.05, 0.1) is 6.61 Å². The minimum absolute atomic E-state index is 0.0578. The normalized spacial score (nSPS) is 10.8. The summed E-state index contributed by atoms with van der Waals surface area (Å²) in [5, 5.41) is 0. The molecule has 0 saturated carbocycles. The second-order valence-electron chi connectivity index (χ2n) is 8.57. The predicted octanol–water partition coefficient (Wildman–Crippen LogP) is 7.93. The summed E-state index contributed by atoms with van der Waals surface area (Å²) < 4.78 is 23.6. The van der Waals surface area contributed by atoms with Crippen LogP contribution in [0.2, 0.25) is 0 Å². The standard InChI is InChI=1S/C27H43FO4/c1-2-3-4-5-6-7-8-9-10-11-12-13-14-17-23-31-26(29)21-18-22-27(30)32-25-20-16-15-19-24(25)28/h15-16,19-20H,2-14,17-18,21-23H2,1H3. The van der Waals surface area contributed by atoms with Crippen LogP contribution >= 0.6 is 0 Å². The number of carbonyl (C=O) groups is 2. The molecule has 0 saturated heterocycles. The van der Waals surface area contributed by atoms with Gasteiger partial charge in [0.15, 0.2) is 11.6 Å². The fourth-order valence-corrected chi connectivity index (χ4v) is 3.63. The van der Waals surface area contributed by atoms with Gasteiger partial charge >= 0.3 is 11.9 Å². The quantitative estimate of drug-likeness (QED) is 0.115. The van der Waals surface area contributed by atoms with Crippen LogP contribution in [-0.4, -0.2) is 18.5 Å². The number of hydrogen-bond donors (Lipinski definition) is 0. The molecule has 0 atom stereocenters. The number of carbonyl (C=O) groups excluding carboxylic acids is 2. The Morgan fingerprint density at radius 2 is 1.19 bits per heavy atom. The Morgan fingerprint density at radius 1 is 0.688 bits per heavy atom. The molecular formula is C27H43FO4. The number of rotatable bonds is 20. The van der Waals surface area contributed by atoms with Crippen molar-refractivity contribution in [2.75, 3.05) is 6.61 Å². The van der Waals surface area contributed by atoms with Crippen molar-refractivity contribution < 1.29 is 23.5 Å². The molecule has 0 bridgehead atoms. The summed E-state index contributed by atoms with van der Waals surface area (Å²) in [6.45, 7) is 2.70. The maximum Gasteiger partial charge on any atom is 0.311 e. The molecule has 0 N–H and O–H groups in total. The van der Waals surface area contributed by atoms with E-state index in [0.29, 0.717) is 13.0 Å². The fraction of sp³-hybridized carbons (Fsp3) is 0.704. The van der Waals surface area contributed by atoms with Gasteiger partial charge in [-0.15, -0.1) is 0 Å². The third kappa shape index (κ3) is 15.8. The monoisotopic (exact) mass is 450 g/mol. The maximum absolute atomic E-state index is 13.4. The lowest BCUT2D eigenvalue weighted by Crippen LogP contribution is -2.11. The van der Waals surface area contributed by atoms with Crippen LogP contribution in [0.5, 0.6) is 5.75 Å². The molecule has 32 heavy (non-hydrogen) atoms. The van der Waals surface area contributed by atoms with E-state index in [1.807, 2.05) is 0 Å². The smallest absolute Gasteiger partial charge is 0.311 e. The van der Waals surface area contributed by atoms with Crippen LogP contribution in [-0.2, 0) is 14.3 Å². The molecule has 182 valence electrons. The SMILES string of the molecule is CCCCCCCCCCCCCCCCOC(=O)CCCC(=O)Oc1ccccc1F. The lowest BCUT2D eigenvalue weighted by atomic mass is 10.0. The largest absolute Gasteiger partial charge is 0.466 e. The van der Waals surface area contributed by atoms with Gasteiger partial charge in [-0.25, -0.2) is 4.39 Å². The first-order valence-electron chi connectivity index (χ1n) is 12.7. The van der Waals surface area contributed by atoms with Gasteiger partial charge in [0.25, 0.3) is 0 Å². The Balaban J connectivity index is 1.85. The number of hydrogen-bond acceptors (Lipinski definition) is 4. The lowest BCUT2D eigenvalue weighted by molar-refractivity contribution is -0.144. The highest BCUT2D eigenvalue weighted by molar-refractivity contribution is 5.74. The maximum atomic E-state index is 13.4. The second-order valence-corrected chi connectivity index (χ2v) is 8.57.